The van der Waals surface area contributed by atoms with E-state index in [1.54, 1.807) is 0 Å². The zero-order valence-electron chi connectivity index (χ0n) is 8.45. The highest BCUT2D eigenvalue weighted by atomic mass is 32.2. The van der Waals surface area contributed by atoms with Gasteiger partial charge in [0.2, 0.25) is 0 Å². The van der Waals surface area contributed by atoms with Gasteiger partial charge in [-0.25, -0.2) is 18.2 Å². The second-order valence-electron chi connectivity index (χ2n) is 3.35. The second kappa shape index (κ2) is 3.82. The highest BCUT2D eigenvalue weighted by Gasteiger charge is 2.41. The molecule has 90 valence electrons. The third-order valence-electron chi connectivity index (χ3n) is 2.32. The number of hydroxylamine groups is 1. The Labute approximate surface area is 96.7 Å². The van der Waals surface area contributed by atoms with Gasteiger partial charge in [0.05, 0.1) is 5.56 Å². The summed E-state index contributed by atoms with van der Waals surface area (Å²) in [5.74, 6) is -1.75. The van der Waals surface area contributed by atoms with E-state index < -0.39 is 28.4 Å². The molecule has 0 fully saturated rings. The number of nitrogens with one attached hydrogen (secondary N) is 1. The molecule has 0 saturated heterocycles. The maximum Gasteiger partial charge on any atom is 0.269 e. The van der Waals surface area contributed by atoms with Crippen LogP contribution in [0.4, 0.5) is 0 Å². The minimum Gasteiger partial charge on any atom is -0.289 e. The molecule has 17 heavy (non-hydrogen) atoms. The molecule has 1 aliphatic rings. The molecule has 1 aromatic rings. The topological polar surface area (TPSA) is 104 Å². The summed E-state index contributed by atoms with van der Waals surface area (Å²) in [4.78, 5) is 22.6. The Morgan fingerprint density at radius 3 is 2.59 bits per heavy atom. The molecule has 0 bridgehead atoms. The van der Waals surface area contributed by atoms with Crippen molar-refractivity contribution in [1.29, 1.82) is 0 Å². The van der Waals surface area contributed by atoms with Crippen molar-refractivity contribution in [1.82, 2.24) is 9.79 Å². The molecule has 0 spiro atoms. The third-order valence-corrected chi connectivity index (χ3v) is 4.11. The first kappa shape index (κ1) is 11.6. The summed E-state index contributed by atoms with van der Waals surface area (Å²) >= 11 is 0. The Morgan fingerprint density at radius 1 is 1.35 bits per heavy atom. The van der Waals surface area contributed by atoms with Crippen molar-refractivity contribution in [3.8, 4) is 0 Å². The van der Waals surface area contributed by atoms with Crippen LogP contribution in [0.1, 0.15) is 10.4 Å². The molecule has 8 heteroatoms. The number of amides is 2. The van der Waals surface area contributed by atoms with Crippen LogP contribution < -0.4 is 5.48 Å². The van der Waals surface area contributed by atoms with Gasteiger partial charge in [-0.15, -0.1) is 0 Å². The number of fused-ring (bicyclic) bond motifs is 1. The monoisotopic (exact) mass is 256 g/mol. The fraction of sp³-hybridized carbons (Fsp3) is 0.111. The molecule has 1 aromatic carbocycles. The quantitative estimate of drug-likeness (QED) is 0.540. The fourth-order valence-electron chi connectivity index (χ4n) is 1.55. The van der Waals surface area contributed by atoms with Crippen molar-refractivity contribution >= 4 is 21.8 Å². The van der Waals surface area contributed by atoms with Gasteiger partial charge in [-0.05, 0) is 12.1 Å². The lowest BCUT2D eigenvalue weighted by Crippen LogP contribution is -2.39. The lowest BCUT2D eigenvalue weighted by Gasteiger charge is -2.12. The number of carbonyl (C=O) groups is 2. The van der Waals surface area contributed by atoms with Crippen molar-refractivity contribution in [3.05, 3.63) is 29.8 Å². The molecule has 2 N–H and O–H groups in total. The van der Waals surface area contributed by atoms with Crippen LogP contribution in [0.2, 0.25) is 0 Å². The van der Waals surface area contributed by atoms with Crippen LogP contribution in [-0.2, 0) is 14.8 Å². The van der Waals surface area contributed by atoms with Crippen molar-refractivity contribution in [3.63, 3.8) is 0 Å². The Hall–Kier alpha value is -1.93. The van der Waals surface area contributed by atoms with Crippen molar-refractivity contribution in [2.24, 2.45) is 0 Å². The molecule has 0 aromatic heterocycles. The average molecular weight is 256 g/mol. The first-order valence-electron chi connectivity index (χ1n) is 4.57. The van der Waals surface area contributed by atoms with Gasteiger partial charge >= 0.3 is 0 Å². The van der Waals surface area contributed by atoms with Gasteiger partial charge in [0.1, 0.15) is 11.4 Å². The Balaban J connectivity index is 2.48. The largest absolute Gasteiger partial charge is 0.289 e. The van der Waals surface area contributed by atoms with E-state index in [2.05, 4.69) is 0 Å². The molecule has 1 heterocycles. The lowest BCUT2D eigenvalue weighted by atomic mass is 10.2. The number of hydrogen-bond donors (Lipinski definition) is 2. The number of rotatable bonds is 2. The molecular formula is C9H8N2O5S. The average Bonchev–Trinajstić information content (AvgIpc) is 2.51. The first-order valence-corrected chi connectivity index (χ1v) is 6.01. The van der Waals surface area contributed by atoms with E-state index in [-0.39, 0.29) is 10.5 Å². The number of carbonyl (C=O) groups excluding carboxylic acids is 2. The van der Waals surface area contributed by atoms with Crippen LogP contribution in [-0.4, -0.2) is 36.3 Å². The molecule has 2 amide bonds. The summed E-state index contributed by atoms with van der Waals surface area (Å²) in [6.07, 6.45) is 0. The van der Waals surface area contributed by atoms with Crippen LogP contribution in [0.25, 0.3) is 0 Å². The van der Waals surface area contributed by atoms with Gasteiger partial charge in [-0.3, -0.25) is 14.8 Å². The molecule has 0 saturated carbocycles. The summed E-state index contributed by atoms with van der Waals surface area (Å²) in [6.45, 7) is -0.744. The summed E-state index contributed by atoms with van der Waals surface area (Å²) in [6, 6.07) is 5.67. The van der Waals surface area contributed by atoms with E-state index in [0.717, 1.165) is 0 Å². The zero-order chi connectivity index (χ0) is 12.6. The van der Waals surface area contributed by atoms with Crippen molar-refractivity contribution in [2.45, 2.75) is 4.90 Å². The van der Waals surface area contributed by atoms with Crippen LogP contribution in [0, 0.1) is 0 Å². The van der Waals surface area contributed by atoms with E-state index in [4.69, 9.17) is 5.21 Å². The van der Waals surface area contributed by atoms with Gasteiger partial charge in [-0.1, -0.05) is 12.1 Å². The fourth-order valence-corrected chi connectivity index (χ4v) is 3.08. The van der Waals surface area contributed by atoms with Gasteiger partial charge in [0.25, 0.3) is 21.8 Å². The smallest absolute Gasteiger partial charge is 0.269 e. The summed E-state index contributed by atoms with van der Waals surface area (Å²) in [7, 11) is -3.99. The third kappa shape index (κ3) is 1.67. The predicted molar refractivity (Wildman–Crippen MR) is 54.6 cm³/mol. The molecule has 0 aliphatic carbocycles. The summed E-state index contributed by atoms with van der Waals surface area (Å²) in [5, 5.41) is 8.34. The highest BCUT2D eigenvalue weighted by Crippen LogP contribution is 2.29. The van der Waals surface area contributed by atoms with E-state index in [1.165, 1.54) is 29.7 Å². The van der Waals surface area contributed by atoms with Crippen molar-refractivity contribution in [2.75, 3.05) is 6.54 Å². The van der Waals surface area contributed by atoms with Gasteiger partial charge in [-0.2, -0.15) is 0 Å². The Bertz CT molecular complexity index is 595. The van der Waals surface area contributed by atoms with Gasteiger partial charge < -0.3 is 0 Å². The standard InChI is InChI=1S/C9H8N2O5S/c12-8(10-14)5-11-9(13)6-3-1-2-4-7(6)17(11,15)16/h1-4,14H,5H2,(H,10,12). The lowest BCUT2D eigenvalue weighted by molar-refractivity contribution is -0.129. The second-order valence-corrected chi connectivity index (χ2v) is 5.18. The van der Waals surface area contributed by atoms with E-state index in [1.807, 2.05) is 0 Å². The highest BCUT2D eigenvalue weighted by molar-refractivity contribution is 7.90. The Morgan fingerprint density at radius 2 is 2.00 bits per heavy atom. The van der Waals surface area contributed by atoms with Crippen LogP contribution >= 0.6 is 0 Å². The van der Waals surface area contributed by atoms with Crippen LogP contribution in [0.5, 0.6) is 0 Å². The van der Waals surface area contributed by atoms with Crippen LogP contribution in [0.15, 0.2) is 29.2 Å². The molecule has 2 rings (SSSR count). The van der Waals surface area contributed by atoms with Crippen molar-refractivity contribution < 1.29 is 23.2 Å². The number of nitrogens with zero attached hydrogens (tertiary/aromatic N) is 1. The van der Waals surface area contributed by atoms with Gasteiger partial charge in [0, 0.05) is 0 Å². The Kier molecular flexibility index (Phi) is 2.60. The minimum absolute atomic E-state index is 0.0261. The van der Waals surface area contributed by atoms with E-state index in [9.17, 15) is 18.0 Å². The maximum atomic E-state index is 11.9. The van der Waals surface area contributed by atoms with E-state index in [0.29, 0.717) is 4.31 Å². The summed E-state index contributed by atoms with van der Waals surface area (Å²) in [5.41, 5.74) is 1.31. The first-order chi connectivity index (χ1) is 7.98. The molecular weight excluding hydrogens is 248 g/mol. The summed E-state index contributed by atoms with van der Waals surface area (Å²) < 4.78 is 24.2. The van der Waals surface area contributed by atoms with E-state index >= 15 is 0 Å². The molecule has 0 unspecified atom stereocenters. The molecule has 7 nitrogen and oxygen atoms in total. The molecule has 0 atom stereocenters. The number of benzene rings is 1. The maximum absolute atomic E-state index is 11.9. The normalized spacial score (nSPS) is 16.8. The predicted octanol–water partition coefficient (Wildman–Crippen LogP) is -0.663. The number of hydrogen-bond acceptors (Lipinski definition) is 5. The van der Waals surface area contributed by atoms with Crippen LogP contribution in [0.3, 0.4) is 0 Å². The molecule has 0 radical (unpaired) electrons. The van der Waals surface area contributed by atoms with Gasteiger partial charge in [0.15, 0.2) is 0 Å². The minimum atomic E-state index is -3.99. The molecule has 1 aliphatic heterocycles. The SMILES string of the molecule is O=C(CN1C(=O)c2ccccc2S1(=O)=O)NO. The number of sulfonamides is 1. The zero-order valence-corrected chi connectivity index (χ0v) is 9.27.